The van der Waals surface area contributed by atoms with Crippen molar-refractivity contribution < 1.29 is 17.2 Å². The Morgan fingerprint density at radius 2 is 1.85 bits per heavy atom. The molecule has 4 nitrogen and oxygen atoms in total. The molecule has 0 saturated heterocycles. The van der Waals surface area contributed by atoms with Crippen molar-refractivity contribution in [2.75, 3.05) is 10.5 Å². The fourth-order valence-corrected chi connectivity index (χ4v) is 2.93. The summed E-state index contributed by atoms with van der Waals surface area (Å²) in [5, 5.41) is 0. The molecule has 0 unspecified atom stereocenters. The lowest BCUT2D eigenvalue weighted by Gasteiger charge is -2.12. The highest BCUT2D eigenvalue weighted by molar-refractivity contribution is 7.92. The van der Waals surface area contributed by atoms with Crippen molar-refractivity contribution in [2.24, 2.45) is 0 Å². The van der Waals surface area contributed by atoms with Crippen molar-refractivity contribution in [1.82, 2.24) is 0 Å². The third kappa shape index (κ3) is 2.72. The molecule has 0 bridgehead atoms. The van der Waals surface area contributed by atoms with E-state index in [-0.39, 0.29) is 21.8 Å². The van der Waals surface area contributed by atoms with Gasteiger partial charge in [0.05, 0.1) is 11.4 Å². The molecule has 0 spiro atoms. The molecular weight excluding hydrogens is 286 g/mol. The van der Waals surface area contributed by atoms with Gasteiger partial charge in [-0.2, -0.15) is 0 Å². The van der Waals surface area contributed by atoms with Gasteiger partial charge >= 0.3 is 0 Å². The molecule has 0 amide bonds. The summed E-state index contributed by atoms with van der Waals surface area (Å²) in [5.74, 6) is -1.27. The largest absolute Gasteiger partial charge is 0.398 e. The van der Waals surface area contributed by atoms with Crippen LogP contribution in [0.3, 0.4) is 0 Å². The Kier molecular flexibility index (Phi) is 3.63. The normalized spacial score (nSPS) is 11.3. The SMILES string of the molecule is Cc1c(F)cccc1NS(=O)(=O)c1cc(F)ccc1N. The molecule has 0 aliphatic rings. The lowest BCUT2D eigenvalue weighted by atomic mass is 10.2. The standard InChI is InChI=1S/C13H12F2N2O2S/c1-8-10(15)3-2-4-12(8)17-20(18,19)13-7-9(14)5-6-11(13)16/h2-7,17H,16H2,1H3. The summed E-state index contributed by atoms with van der Waals surface area (Å²) in [4.78, 5) is -0.388. The average Bonchev–Trinajstić information content (AvgIpc) is 2.37. The van der Waals surface area contributed by atoms with Crippen LogP contribution in [-0.2, 0) is 10.0 Å². The van der Waals surface area contributed by atoms with E-state index in [0.717, 1.165) is 18.2 Å². The van der Waals surface area contributed by atoms with Crippen LogP contribution in [0, 0.1) is 18.6 Å². The number of benzene rings is 2. The molecule has 0 atom stereocenters. The summed E-state index contributed by atoms with van der Waals surface area (Å²) >= 11 is 0. The van der Waals surface area contributed by atoms with E-state index in [1.54, 1.807) is 0 Å². The van der Waals surface area contributed by atoms with E-state index in [2.05, 4.69) is 4.72 Å². The van der Waals surface area contributed by atoms with Crippen LogP contribution in [0.5, 0.6) is 0 Å². The zero-order chi connectivity index (χ0) is 14.9. The second-order valence-electron chi connectivity index (χ2n) is 4.20. The van der Waals surface area contributed by atoms with E-state index in [4.69, 9.17) is 5.73 Å². The molecule has 0 radical (unpaired) electrons. The van der Waals surface area contributed by atoms with Crippen LogP contribution in [-0.4, -0.2) is 8.42 Å². The lowest BCUT2D eigenvalue weighted by Crippen LogP contribution is -2.16. The van der Waals surface area contributed by atoms with Crippen molar-refractivity contribution >= 4 is 21.4 Å². The van der Waals surface area contributed by atoms with Gasteiger partial charge in [-0.3, -0.25) is 4.72 Å². The van der Waals surface area contributed by atoms with Gasteiger partial charge in [-0.05, 0) is 37.3 Å². The molecule has 2 rings (SSSR count). The Hall–Kier alpha value is -2.15. The first-order valence-electron chi connectivity index (χ1n) is 5.64. The summed E-state index contributed by atoms with van der Waals surface area (Å²) in [5.41, 5.74) is 5.67. The Morgan fingerprint density at radius 3 is 2.55 bits per heavy atom. The van der Waals surface area contributed by atoms with Crippen LogP contribution in [0.2, 0.25) is 0 Å². The molecule has 0 saturated carbocycles. The van der Waals surface area contributed by atoms with Crippen LogP contribution >= 0.6 is 0 Å². The van der Waals surface area contributed by atoms with Crippen molar-refractivity contribution in [3.63, 3.8) is 0 Å². The third-order valence-electron chi connectivity index (χ3n) is 2.78. The Labute approximate surface area is 115 Å². The van der Waals surface area contributed by atoms with Crippen LogP contribution in [0.1, 0.15) is 5.56 Å². The summed E-state index contributed by atoms with van der Waals surface area (Å²) in [7, 11) is -4.09. The smallest absolute Gasteiger partial charge is 0.264 e. The highest BCUT2D eigenvalue weighted by atomic mass is 32.2. The maximum Gasteiger partial charge on any atom is 0.264 e. The molecule has 7 heteroatoms. The van der Waals surface area contributed by atoms with Gasteiger partial charge in [-0.25, -0.2) is 17.2 Å². The molecule has 0 heterocycles. The van der Waals surface area contributed by atoms with Crippen LogP contribution in [0.25, 0.3) is 0 Å². The zero-order valence-corrected chi connectivity index (χ0v) is 11.3. The lowest BCUT2D eigenvalue weighted by molar-refractivity contribution is 0.595. The number of hydrogen-bond donors (Lipinski definition) is 2. The fourth-order valence-electron chi connectivity index (χ4n) is 1.66. The first-order valence-corrected chi connectivity index (χ1v) is 7.12. The molecular formula is C13H12F2N2O2S. The quantitative estimate of drug-likeness (QED) is 0.856. The predicted octanol–water partition coefficient (Wildman–Crippen LogP) is 2.66. The topological polar surface area (TPSA) is 72.2 Å². The van der Waals surface area contributed by atoms with Gasteiger partial charge in [0, 0.05) is 5.56 Å². The highest BCUT2D eigenvalue weighted by Crippen LogP contribution is 2.25. The summed E-state index contributed by atoms with van der Waals surface area (Å²) in [6, 6.07) is 7.01. The Balaban J connectivity index is 2.46. The Bertz CT molecular complexity index is 761. The van der Waals surface area contributed by atoms with Crippen molar-refractivity contribution in [3.05, 3.63) is 53.6 Å². The van der Waals surface area contributed by atoms with E-state index >= 15 is 0 Å². The maximum atomic E-state index is 13.4. The molecule has 0 aromatic heterocycles. The minimum Gasteiger partial charge on any atom is -0.398 e. The van der Waals surface area contributed by atoms with Crippen molar-refractivity contribution in [3.8, 4) is 0 Å². The molecule has 0 fully saturated rings. The number of sulfonamides is 1. The van der Waals surface area contributed by atoms with Gasteiger partial charge in [0.2, 0.25) is 0 Å². The van der Waals surface area contributed by atoms with Gasteiger partial charge in [0.1, 0.15) is 16.5 Å². The van der Waals surface area contributed by atoms with Crippen molar-refractivity contribution in [2.45, 2.75) is 11.8 Å². The van der Waals surface area contributed by atoms with Gasteiger partial charge in [-0.15, -0.1) is 0 Å². The zero-order valence-electron chi connectivity index (χ0n) is 10.5. The molecule has 106 valence electrons. The average molecular weight is 298 g/mol. The first-order chi connectivity index (χ1) is 9.31. The van der Waals surface area contributed by atoms with E-state index in [1.165, 1.54) is 25.1 Å². The number of rotatable bonds is 3. The van der Waals surface area contributed by atoms with E-state index in [9.17, 15) is 17.2 Å². The monoisotopic (exact) mass is 298 g/mol. The Morgan fingerprint density at radius 1 is 1.15 bits per heavy atom. The van der Waals surface area contributed by atoms with Gasteiger partial charge in [0.25, 0.3) is 10.0 Å². The predicted molar refractivity (Wildman–Crippen MR) is 72.8 cm³/mol. The van der Waals surface area contributed by atoms with E-state index < -0.39 is 21.7 Å². The highest BCUT2D eigenvalue weighted by Gasteiger charge is 2.19. The second kappa shape index (κ2) is 5.09. The molecule has 2 aromatic carbocycles. The molecule has 0 aliphatic carbocycles. The number of hydrogen-bond acceptors (Lipinski definition) is 3. The maximum absolute atomic E-state index is 13.4. The molecule has 20 heavy (non-hydrogen) atoms. The summed E-state index contributed by atoms with van der Waals surface area (Å²) in [6.07, 6.45) is 0. The van der Waals surface area contributed by atoms with Crippen LogP contribution in [0.15, 0.2) is 41.3 Å². The number of nitrogen functional groups attached to an aromatic ring is 1. The summed E-state index contributed by atoms with van der Waals surface area (Å²) in [6.45, 7) is 1.43. The third-order valence-corrected chi connectivity index (χ3v) is 4.20. The van der Waals surface area contributed by atoms with Gasteiger partial charge in [0.15, 0.2) is 0 Å². The van der Waals surface area contributed by atoms with E-state index in [1.807, 2.05) is 0 Å². The number of nitrogens with two attached hydrogens (primary N) is 1. The van der Waals surface area contributed by atoms with Gasteiger partial charge in [-0.1, -0.05) is 6.07 Å². The van der Waals surface area contributed by atoms with Crippen molar-refractivity contribution in [1.29, 1.82) is 0 Å². The molecule has 2 aromatic rings. The number of halogens is 2. The fraction of sp³-hybridized carbons (Fsp3) is 0.0769. The van der Waals surface area contributed by atoms with E-state index in [0.29, 0.717) is 0 Å². The minimum atomic E-state index is -4.09. The van der Waals surface area contributed by atoms with Crippen LogP contribution in [0.4, 0.5) is 20.2 Å². The van der Waals surface area contributed by atoms with Crippen LogP contribution < -0.4 is 10.5 Å². The second-order valence-corrected chi connectivity index (χ2v) is 5.85. The molecule has 3 N–H and O–H groups in total. The number of nitrogens with one attached hydrogen (secondary N) is 1. The summed E-state index contributed by atoms with van der Waals surface area (Å²) < 4.78 is 53.0. The molecule has 0 aliphatic heterocycles. The minimum absolute atomic E-state index is 0.0775. The number of anilines is 2. The first kappa shape index (κ1) is 14.3. The van der Waals surface area contributed by atoms with Gasteiger partial charge < -0.3 is 5.73 Å².